The van der Waals surface area contributed by atoms with Crippen molar-refractivity contribution in [3.63, 3.8) is 0 Å². The summed E-state index contributed by atoms with van der Waals surface area (Å²) in [7, 11) is 0. The van der Waals surface area contributed by atoms with E-state index in [4.69, 9.17) is 4.42 Å². The maximum absolute atomic E-state index is 6.97. The van der Waals surface area contributed by atoms with Gasteiger partial charge < -0.3 is 19.1 Å². The SMILES string of the molecule is Cc1ccc(N2c3ccc(C)cc3B3c4cc(C(C)(C)C)ccc4N(c4ccccc4-c4ccccc4)c4cc(N(c5ccccc5)c5cccc6c5oc5c(C)cccc56)cc2c43)cc1. The summed E-state index contributed by atoms with van der Waals surface area (Å²) < 4.78 is 6.97. The minimum Gasteiger partial charge on any atom is -0.454 e. The molecule has 2 aliphatic rings. The van der Waals surface area contributed by atoms with E-state index in [0.717, 1.165) is 67.3 Å². The van der Waals surface area contributed by atoms with Gasteiger partial charge in [0.05, 0.1) is 17.1 Å². The summed E-state index contributed by atoms with van der Waals surface area (Å²) in [4.78, 5) is 7.48. The molecule has 318 valence electrons. The van der Waals surface area contributed by atoms with Crippen molar-refractivity contribution in [3.8, 4) is 11.1 Å². The van der Waals surface area contributed by atoms with Gasteiger partial charge in [-0.05, 0) is 120 Å². The maximum Gasteiger partial charge on any atom is 0.252 e. The lowest BCUT2D eigenvalue weighted by Gasteiger charge is -2.45. The summed E-state index contributed by atoms with van der Waals surface area (Å²) in [5.74, 6) is 0. The summed E-state index contributed by atoms with van der Waals surface area (Å²) >= 11 is 0. The number of furan rings is 1. The molecule has 4 nitrogen and oxygen atoms in total. The molecule has 0 fully saturated rings. The standard InChI is InChI=1S/C61H50BN3O/c1-39-27-31-45(32-28-39)64-53-33-29-40(2)35-50(53)62-51-36-43(61(4,5)6)30-34-54(51)65(52-25-14-13-22-47(52)42-18-9-7-10-19-42)57-38-46(37-56(64)58(57)62)63(44-20-11-8-12-21-44)55-26-16-24-49-48-23-15-17-41(3)59(48)66-60(49)55/h7-38H,1-6H3. The molecular weight excluding hydrogens is 802 g/mol. The van der Waals surface area contributed by atoms with Gasteiger partial charge in [-0.3, -0.25) is 0 Å². The molecule has 0 bridgehead atoms. The van der Waals surface area contributed by atoms with Crippen LogP contribution in [0.5, 0.6) is 0 Å². The summed E-state index contributed by atoms with van der Waals surface area (Å²) in [6, 6.07) is 71.8. The van der Waals surface area contributed by atoms with Gasteiger partial charge in [0, 0.05) is 50.5 Å². The Morgan fingerprint density at radius 3 is 1.85 bits per heavy atom. The first-order valence-corrected chi connectivity index (χ1v) is 23.1. The third-order valence-electron chi connectivity index (χ3n) is 13.8. The number of hydrogen-bond acceptors (Lipinski definition) is 4. The molecule has 0 N–H and O–H groups in total. The van der Waals surface area contributed by atoms with Crippen molar-refractivity contribution in [2.75, 3.05) is 14.7 Å². The molecule has 66 heavy (non-hydrogen) atoms. The second-order valence-electron chi connectivity index (χ2n) is 19.2. The molecule has 9 aromatic carbocycles. The van der Waals surface area contributed by atoms with E-state index in [9.17, 15) is 0 Å². The zero-order valence-electron chi connectivity index (χ0n) is 38.3. The van der Waals surface area contributed by atoms with Crippen molar-refractivity contribution in [2.45, 2.75) is 47.0 Å². The smallest absolute Gasteiger partial charge is 0.252 e. The van der Waals surface area contributed by atoms with Crippen LogP contribution in [0.4, 0.5) is 51.2 Å². The molecule has 5 heteroatoms. The average Bonchev–Trinajstić information content (AvgIpc) is 3.73. The van der Waals surface area contributed by atoms with Crippen molar-refractivity contribution in [3.05, 3.63) is 216 Å². The largest absolute Gasteiger partial charge is 0.454 e. The number of rotatable bonds is 6. The fourth-order valence-electron chi connectivity index (χ4n) is 10.6. The Morgan fingerprint density at radius 1 is 0.470 bits per heavy atom. The zero-order valence-corrected chi connectivity index (χ0v) is 38.3. The molecule has 12 rings (SSSR count). The topological polar surface area (TPSA) is 22.9 Å². The summed E-state index contributed by atoms with van der Waals surface area (Å²) in [6.45, 7) is 13.5. The normalized spacial score (nSPS) is 12.9. The molecule has 2 aliphatic heterocycles. The van der Waals surface area contributed by atoms with Crippen molar-refractivity contribution >= 4 is 96.2 Å². The highest BCUT2D eigenvalue weighted by Crippen LogP contribution is 2.51. The second-order valence-corrected chi connectivity index (χ2v) is 19.2. The Labute approximate surface area is 388 Å². The quantitative estimate of drug-likeness (QED) is 0.155. The van der Waals surface area contributed by atoms with Gasteiger partial charge in [-0.15, -0.1) is 0 Å². The van der Waals surface area contributed by atoms with Crippen LogP contribution in [0.15, 0.2) is 199 Å². The molecular formula is C61H50BN3O. The highest BCUT2D eigenvalue weighted by molar-refractivity contribution is 7.00. The predicted molar refractivity (Wildman–Crippen MR) is 281 cm³/mol. The summed E-state index contributed by atoms with van der Waals surface area (Å²) in [5, 5.41) is 2.22. The molecule has 0 spiro atoms. The van der Waals surface area contributed by atoms with Gasteiger partial charge in [0.15, 0.2) is 5.58 Å². The van der Waals surface area contributed by atoms with Gasteiger partial charge in [-0.1, -0.05) is 165 Å². The van der Waals surface area contributed by atoms with Crippen molar-refractivity contribution < 1.29 is 4.42 Å². The lowest BCUT2D eigenvalue weighted by atomic mass is 9.33. The number of nitrogens with zero attached hydrogens (tertiary/aromatic N) is 3. The Morgan fingerprint density at radius 2 is 1.09 bits per heavy atom. The maximum atomic E-state index is 6.97. The molecule has 10 aromatic rings. The highest BCUT2D eigenvalue weighted by atomic mass is 16.3. The number of para-hydroxylation sites is 4. The monoisotopic (exact) mass is 851 g/mol. The number of hydrogen-bond donors (Lipinski definition) is 0. The number of aryl methyl sites for hydroxylation is 3. The fourth-order valence-corrected chi connectivity index (χ4v) is 10.6. The molecule has 0 radical (unpaired) electrons. The van der Waals surface area contributed by atoms with Crippen LogP contribution in [0.2, 0.25) is 0 Å². The average molecular weight is 852 g/mol. The van der Waals surface area contributed by atoms with Crippen molar-refractivity contribution in [1.29, 1.82) is 0 Å². The minimum absolute atomic E-state index is 0.0370. The summed E-state index contributed by atoms with van der Waals surface area (Å²) in [5.41, 5.74) is 22.8. The molecule has 0 unspecified atom stereocenters. The second kappa shape index (κ2) is 15.2. The van der Waals surface area contributed by atoms with E-state index < -0.39 is 0 Å². The van der Waals surface area contributed by atoms with Crippen LogP contribution >= 0.6 is 0 Å². The van der Waals surface area contributed by atoms with Gasteiger partial charge in [0.2, 0.25) is 0 Å². The van der Waals surface area contributed by atoms with Gasteiger partial charge in [-0.2, -0.15) is 0 Å². The zero-order chi connectivity index (χ0) is 44.8. The Balaban J connectivity index is 1.23. The fraction of sp³-hybridized carbons (Fsp3) is 0.115. The highest BCUT2D eigenvalue weighted by Gasteiger charge is 2.45. The molecule has 3 heterocycles. The number of anilines is 9. The van der Waals surface area contributed by atoms with Gasteiger partial charge in [0.1, 0.15) is 5.58 Å². The lowest BCUT2D eigenvalue weighted by molar-refractivity contribution is 0.591. The van der Waals surface area contributed by atoms with E-state index in [1.807, 2.05) is 0 Å². The predicted octanol–water partition coefficient (Wildman–Crippen LogP) is 15.0. The van der Waals surface area contributed by atoms with E-state index in [-0.39, 0.29) is 12.1 Å². The van der Waals surface area contributed by atoms with Crippen LogP contribution < -0.4 is 31.1 Å². The first-order valence-electron chi connectivity index (χ1n) is 23.1. The van der Waals surface area contributed by atoms with Gasteiger partial charge in [0.25, 0.3) is 6.71 Å². The Kier molecular flexibility index (Phi) is 9.15. The lowest BCUT2D eigenvalue weighted by Crippen LogP contribution is -2.61. The minimum atomic E-state index is -0.0563. The van der Waals surface area contributed by atoms with E-state index in [2.05, 4.69) is 250 Å². The van der Waals surface area contributed by atoms with Crippen LogP contribution in [0.1, 0.15) is 43.0 Å². The third-order valence-corrected chi connectivity index (χ3v) is 13.8. The summed E-state index contributed by atoms with van der Waals surface area (Å²) in [6.07, 6.45) is 0. The van der Waals surface area contributed by atoms with E-state index in [1.54, 1.807) is 0 Å². The van der Waals surface area contributed by atoms with Crippen molar-refractivity contribution in [2.24, 2.45) is 0 Å². The molecule has 0 saturated heterocycles. The van der Waals surface area contributed by atoms with E-state index in [0.29, 0.717) is 0 Å². The van der Waals surface area contributed by atoms with E-state index in [1.165, 1.54) is 55.6 Å². The van der Waals surface area contributed by atoms with Gasteiger partial charge >= 0.3 is 0 Å². The first-order chi connectivity index (χ1) is 32.1. The van der Waals surface area contributed by atoms with Crippen LogP contribution in [0.3, 0.4) is 0 Å². The molecule has 0 atom stereocenters. The Bertz CT molecular complexity index is 3510. The first kappa shape index (κ1) is 39.8. The van der Waals surface area contributed by atoms with E-state index >= 15 is 0 Å². The Hall–Kier alpha value is -7.76. The molecule has 1 aromatic heterocycles. The van der Waals surface area contributed by atoms with Gasteiger partial charge in [-0.25, -0.2) is 0 Å². The van der Waals surface area contributed by atoms with Crippen LogP contribution in [0.25, 0.3) is 33.1 Å². The molecule has 0 aliphatic carbocycles. The van der Waals surface area contributed by atoms with Crippen LogP contribution in [0, 0.1) is 20.8 Å². The molecule has 0 amide bonds. The molecule has 0 saturated carbocycles. The number of benzene rings is 9. The van der Waals surface area contributed by atoms with Crippen LogP contribution in [-0.2, 0) is 5.41 Å². The van der Waals surface area contributed by atoms with Crippen LogP contribution in [-0.4, -0.2) is 6.71 Å². The van der Waals surface area contributed by atoms with Crippen molar-refractivity contribution in [1.82, 2.24) is 0 Å². The third kappa shape index (κ3) is 6.29. The number of fused-ring (bicyclic) bond motifs is 7.